The van der Waals surface area contributed by atoms with Crippen LogP contribution in [-0.2, 0) is 0 Å². The summed E-state index contributed by atoms with van der Waals surface area (Å²) in [5.74, 6) is 0.611. The van der Waals surface area contributed by atoms with Crippen LogP contribution in [0.25, 0.3) is 0 Å². The van der Waals surface area contributed by atoms with E-state index >= 15 is 0 Å². The number of aromatic nitrogens is 2. The summed E-state index contributed by atoms with van der Waals surface area (Å²) in [6.07, 6.45) is 0.905. The quantitative estimate of drug-likeness (QED) is 0.839. The van der Waals surface area contributed by atoms with Gasteiger partial charge in [-0.05, 0) is 54.1 Å². The molecule has 0 fully saturated rings. The SMILES string of the molecule is COc1cnn(C(C)C)c1C(O)c1ccc(I)cc1. The first-order valence-electron chi connectivity index (χ1n) is 6.09. The fourth-order valence-electron chi connectivity index (χ4n) is 1.99. The third-order valence-electron chi connectivity index (χ3n) is 2.95. The molecule has 2 rings (SSSR count). The molecule has 0 aliphatic carbocycles. The summed E-state index contributed by atoms with van der Waals surface area (Å²) in [6, 6.07) is 7.95. The van der Waals surface area contributed by atoms with Crippen molar-refractivity contribution < 1.29 is 9.84 Å². The lowest BCUT2D eigenvalue weighted by Crippen LogP contribution is -2.13. The average Bonchev–Trinajstić information content (AvgIpc) is 2.82. The summed E-state index contributed by atoms with van der Waals surface area (Å²) in [5.41, 5.74) is 1.53. The van der Waals surface area contributed by atoms with Gasteiger partial charge in [-0.1, -0.05) is 12.1 Å². The molecule has 1 heterocycles. The summed E-state index contributed by atoms with van der Waals surface area (Å²) < 4.78 is 8.23. The molecule has 0 saturated carbocycles. The molecule has 102 valence electrons. The molecule has 19 heavy (non-hydrogen) atoms. The number of aliphatic hydroxyl groups is 1. The Bertz CT molecular complexity index is 549. The minimum absolute atomic E-state index is 0.164. The smallest absolute Gasteiger partial charge is 0.163 e. The number of hydrogen-bond donors (Lipinski definition) is 1. The third-order valence-corrected chi connectivity index (χ3v) is 3.67. The van der Waals surface area contributed by atoms with E-state index in [9.17, 15) is 5.11 Å². The molecule has 0 radical (unpaired) electrons. The van der Waals surface area contributed by atoms with Gasteiger partial charge >= 0.3 is 0 Å². The van der Waals surface area contributed by atoms with Crippen LogP contribution in [-0.4, -0.2) is 22.0 Å². The lowest BCUT2D eigenvalue weighted by Gasteiger charge is -2.17. The van der Waals surface area contributed by atoms with Crippen LogP contribution < -0.4 is 4.74 Å². The van der Waals surface area contributed by atoms with E-state index < -0.39 is 6.10 Å². The van der Waals surface area contributed by atoms with Crippen LogP contribution in [0, 0.1) is 3.57 Å². The van der Waals surface area contributed by atoms with Gasteiger partial charge in [0.15, 0.2) is 5.75 Å². The van der Waals surface area contributed by atoms with Crippen LogP contribution in [0.2, 0.25) is 0 Å². The maximum absolute atomic E-state index is 10.6. The minimum atomic E-state index is -0.739. The number of hydrogen-bond acceptors (Lipinski definition) is 3. The van der Waals surface area contributed by atoms with E-state index in [0.29, 0.717) is 11.4 Å². The van der Waals surface area contributed by atoms with E-state index in [4.69, 9.17) is 4.74 Å². The molecule has 1 atom stereocenters. The molecule has 0 bridgehead atoms. The van der Waals surface area contributed by atoms with Gasteiger partial charge in [0.2, 0.25) is 0 Å². The average molecular weight is 372 g/mol. The van der Waals surface area contributed by atoms with Crippen molar-refractivity contribution in [3.63, 3.8) is 0 Å². The van der Waals surface area contributed by atoms with Crippen molar-refractivity contribution in [3.05, 3.63) is 45.3 Å². The molecule has 1 aromatic heterocycles. The second-order valence-electron chi connectivity index (χ2n) is 4.59. The van der Waals surface area contributed by atoms with Crippen LogP contribution in [0.3, 0.4) is 0 Å². The Kier molecular flexibility index (Phi) is 4.46. The summed E-state index contributed by atoms with van der Waals surface area (Å²) in [5, 5.41) is 14.9. The Morgan fingerprint density at radius 1 is 1.26 bits per heavy atom. The molecule has 0 amide bonds. The Morgan fingerprint density at radius 3 is 2.42 bits per heavy atom. The molecule has 0 aliphatic rings. The Balaban J connectivity index is 2.44. The predicted octanol–water partition coefficient (Wildman–Crippen LogP) is 3.16. The van der Waals surface area contributed by atoms with Crippen LogP contribution in [0.1, 0.15) is 37.3 Å². The van der Waals surface area contributed by atoms with Gasteiger partial charge in [0.05, 0.1) is 13.3 Å². The van der Waals surface area contributed by atoms with Crippen molar-refractivity contribution in [2.45, 2.75) is 26.0 Å². The number of benzene rings is 1. The molecule has 5 heteroatoms. The predicted molar refractivity (Wildman–Crippen MR) is 82.4 cm³/mol. The number of methoxy groups -OCH3 is 1. The molecule has 0 saturated heterocycles. The van der Waals surface area contributed by atoms with Crippen LogP contribution >= 0.6 is 22.6 Å². The van der Waals surface area contributed by atoms with Crippen LogP contribution in [0.5, 0.6) is 5.75 Å². The highest BCUT2D eigenvalue weighted by Gasteiger charge is 2.22. The van der Waals surface area contributed by atoms with E-state index in [1.54, 1.807) is 18.0 Å². The zero-order valence-electron chi connectivity index (χ0n) is 11.2. The van der Waals surface area contributed by atoms with Crippen molar-refractivity contribution in [1.29, 1.82) is 0 Å². The number of rotatable bonds is 4. The summed E-state index contributed by atoms with van der Waals surface area (Å²) in [6.45, 7) is 4.05. The number of ether oxygens (including phenoxy) is 1. The second-order valence-corrected chi connectivity index (χ2v) is 5.84. The minimum Gasteiger partial charge on any atom is -0.493 e. The molecule has 0 spiro atoms. The normalized spacial score (nSPS) is 12.7. The Hall–Kier alpha value is -1.08. The molecule has 2 aromatic rings. The molecule has 1 aromatic carbocycles. The van der Waals surface area contributed by atoms with Gasteiger partial charge < -0.3 is 9.84 Å². The first kappa shape index (κ1) is 14.3. The van der Waals surface area contributed by atoms with E-state index in [1.807, 2.05) is 38.1 Å². The highest BCUT2D eigenvalue weighted by Crippen LogP contribution is 2.31. The molecule has 1 N–H and O–H groups in total. The standard InChI is InChI=1S/C14H17IN2O2/c1-9(2)17-13(12(19-3)8-16-17)14(18)10-4-6-11(15)7-5-10/h4-9,14,18H,1-3H3. The monoisotopic (exact) mass is 372 g/mol. The van der Waals surface area contributed by atoms with Crippen molar-refractivity contribution in [3.8, 4) is 5.75 Å². The lowest BCUT2D eigenvalue weighted by atomic mass is 10.1. The summed E-state index contributed by atoms with van der Waals surface area (Å²) >= 11 is 2.24. The van der Waals surface area contributed by atoms with E-state index in [0.717, 1.165) is 9.13 Å². The molecular formula is C14H17IN2O2. The zero-order valence-corrected chi connectivity index (χ0v) is 13.3. The van der Waals surface area contributed by atoms with Crippen LogP contribution in [0.15, 0.2) is 30.5 Å². The van der Waals surface area contributed by atoms with Crippen molar-refractivity contribution >= 4 is 22.6 Å². The van der Waals surface area contributed by atoms with Gasteiger partial charge in [-0.2, -0.15) is 5.10 Å². The van der Waals surface area contributed by atoms with Crippen LogP contribution in [0.4, 0.5) is 0 Å². The number of halogens is 1. The summed E-state index contributed by atoms with van der Waals surface area (Å²) in [4.78, 5) is 0. The lowest BCUT2D eigenvalue weighted by molar-refractivity contribution is 0.199. The van der Waals surface area contributed by atoms with Crippen molar-refractivity contribution in [1.82, 2.24) is 9.78 Å². The first-order valence-corrected chi connectivity index (χ1v) is 7.17. The van der Waals surface area contributed by atoms with Gasteiger partial charge in [-0.25, -0.2) is 0 Å². The zero-order chi connectivity index (χ0) is 14.0. The van der Waals surface area contributed by atoms with Crippen molar-refractivity contribution in [2.24, 2.45) is 0 Å². The summed E-state index contributed by atoms with van der Waals surface area (Å²) in [7, 11) is 1.59. The maximum atomic E-state index is 10.6. The van der Waals surface area contributed by atoms with Gasteiger partial charge in [0.1, 0.15) is 11.8 Å². The highest BCUT2D eigenvalue weighted by atomic mass is 127. The second kappa shape index (κ2) is 5.92. The molecular weight excluding hydrogens is 355 g/mol. The van der Waals surface area contributed by atoms with E-state index in [-0.39, 0.29) is 6.04 Å². The number of nitrogens with zero attached hydrogens (tertiary/aromatic N) is 2. The maximum Gasteiger partial charge on any atom is 0.163 e. The van der Waals surface area contributed by atoms with Gasteiger partial charge in [-0.3, -0.25) is 4.68 Å². The van der Waals surface area contributed by atoms with Gasteiger partial charge in [0, 0.05) is 9.61 Å². The fourth-order valence-corrected chi connectivity index (χ4v) is 2.35. The highest BCUT2D eigenvalue weighted by molar-refractivity contribution is 14.1. The van der Waals surface area contributed by atoms with E-state index in [2.05, 4.69) is 27.7 Å². The third kappa shape index (κ3) is 2.92. The first-order chi connectivity index (χ1) is 9.04. The Labute approximate surface area is 126 Å². The molecule has 4 nitrogen and oxygen atoms in total. The molecule has 1 unspecified atom stereocenters. The fraction of sp³-hybridized carbons (Fsp3) is 0.357. The van der Waals surface area contributed by atoms with E-state index in [1.165, 1.54) is 0 Å². The van der Waals surface area contributed by atoms with Crippen molar-refractivity contribution in [2.75, 3.05) is 7.11 Å². The topological polar surface area (TPSA) is 47.3 Å². The van der Waals surface area contributed by atoms with Gasteiger partial charge in [-0.15, -0.1) is 0 Å². The molecule has 0 aliphatic heterocycles. The number of aliphatic hydroxyl groups excluding tert-OH is 1. The largest absolute Gasteiger partial charge is 0.493 e. The van der Waals surface area contributed by atoms with Gasteiger partial charge in [0.25, 0.3) is 0 Å². The Morgan fingerprint density at radius 2 is 1.89 bits per heavy atom.